The second kappa shape index (κ2) is 6.56. The van der Waals surface area contributed by atoms with Crippen LogP contribution in [0.1, 0.15) is 17.6 Å². The predicted molar refractivity (Wildman–Crippen MR) is 62.7 cm³/mol. The number of alkyl halides is 6. The van der Waals surface area contributed by atoms with Crippen molar-refractivity contribution >= 4 is 29.1 Å². The van der Waals surface area contributed by atoms with Crippen LogP contribution in [0.3, 0.4) is 0 Å². The topological polar surface area (TPSA) is 17.1 Å². The normalized spacial score (nSPS) is 11.9. The van der Waals surface area contributed by atoms with Gasteiger partial charge in [0.05, 0.1) is 5.88 Å². The largest absolute Gasteiger partial charge is 0.446 e. The molecule has 0 fully saturated rings. The highest BCUT2D eigenvalue weighted by Crippen LogP contribution is 2.42. The number of ketones is 1. The molecule has 0 bridgehead atoms. The first-order valence-electron chi connectivity index (χ1n) is 4.98. The van der Waals surface area contributed by atoms with Gasteiger partial charge in [-0.05, 0) is 23.4 Å². The average Bonchev–Trinajstić information content (AvgIpc) is 2.26. The van der Waals surface area contributed by atoms with Crippen LogP contribution >= 0.6 is 23.4 Å². The standard InChI is InChI=1S/C11H8ClF5OS/c12-5-7(18)4-6-2-1-3-8(9(6)10(13)14)19-11(15,16)17/h1-3,10H,4-5H2. The fraction of sp³-hybridized carbons (Fsp3) is 0.364. The van der Waals surface area contributed by atoms with Crippen molar-refractivity contribution in [3.8, 4) is 0 Å². The number of hydrogen-bond donors (Lipinski definition) is 0. The first-order chi connectivity index (χ1) is 8.74. The third-order valence-corrected chi connectivity index (χ3v) is 3.24. The summed E-state index contributed by atoms with van der Waals surface area (Å²) in [7, 11) is 0. The Hall–Kier alpha value is -0.820. The van der Waals surface area contributed by atoms with E-state index in [0.29, 0.717) is 0 Å². The minimum absolute atomic E-state index is 0.130. The number of halogens is 6. The van der Waals surface area contributed by atoms with Gasteiger partial charge in [0.25, 0.3) is 6.43 Å². The third-order valence-electron chi connectivity index (χ3n) is 2.14. The molecule has 0 heterocycles. The van der Waals surface area contributed by atoms with E-state index in [1.807, 2.05) is 0 Å². The van der Waals surface area contributed by atoms with Gasteiger partial charge in [-0.25, -0.2) is 8.78 Å². The summed E-state index contributed by atoms with van der Waals surface area (Å²) in [6.07, 6.45) is -3.50. The van der Waals surface area contributed by atoms with Crippen molar-refractivity contribution in [1.29, 1.82) is 0 Å². The van der Waals surface area contributed by atoms with E-state index in [-0.39, 0.29) is 11.4 Å². The lowest BCUT2D eigenvalue weighted by molar-refractivity contribution is -0.116. The van der Waals surface area contributed by atoms with Crippen LogP contribution in [-0.4, -0.2) is 17.2 Å². The summed E-state index contributed by atoms with van der Waals surface area (Å²) < 4.78 is 62.6. The minimum Gasteiger partial charge on any atom is -0.298 e. The van der Waals surface area contributed by atoms with Crippen LogP contribution < -0.4 is 0 Å². The molecular weight excluding hydrogens is 311 g/mol. The van der Waals surface area contributed by atoms with E-state index in [1.54, 1.807) is 0 Å². The van der Waals surface area contributed by atoms with Crippen molar-refractivity contribution in [2.75, 3.05) is 5.88 Å². The summed E-state index contributed by atoms with van der Waals surface area (Å²) in [4.78, 5) is 10.6. The summed E-state index contributed by atoms with van der Waals surface area (Å²) in [6.45, 7) is 0. The first-order valence-corrected chi connectivity index (χ1v) is 6.33. The molecular formula is C11H8ClF5OS. The number of thioether (sulfide) groups is 1. The summed E-state index contributed by atoms with van der Waals surface area (Å²) in [6, 6.07) is 3.36. The van der Waals surface area contributed by atoms with Gasteiger partial charge in [0.15, 0.2) is 5.78 Å². The molecule has 0 spiro atoms. The predicted octanol–water partition coefficient (Wildman–Crippen LogP) is 4.59. The van der Waals surface area contributed by atoms with Gasteiger partial charge in [-0.15, -0.1) is 11.6 Å². The Bertz CT molecular complexity index is 461. The summed E-state index contributed by atoms with van der Waals surface area (Å²) in [5.41, 5.74) is -5.56. The summed E-state index contributed by atoms with van der Waals surface area (Å²) in [5, 5.41) is 0. The van der Waals surface area contributed by atoms with E-state index in [0.717, 1.165) is 6.07 Å². The van der Waals surface area contributed by atoms with Gasteiger partial charge < -0.3 is 0 Å². The van der Waals surface area contributed by atoms with E-state index in [2.05, 4.69) is 0 Å². The Balaban J connectivity index is 3.18. The molecule has 0 aliphatic rings. The molecule has 0 aliphatic carbocycles. The van der Waals surface area contributed by atoms with Crippen LogP contribution in [0.2, 0.25) is 0 Å². The zero-order chi connectivity index (χ0) is 14.6. The Kier molecular flexibility index (Phi) is 5.61. The molecule has 0 aromatic heterocycles. The number of rotatable bonds is 5. The summed E-state index contributed by atoms with van der Waals surface area (Å²) in [5.74, 6) is -0.906. The molecule has 0 unspecified atom stereocenters. The lowest BCUT2D eigenvalue weighted by Gasteiger charge is -2.14. The molecule has 0 atom stereocenters. The van der Waals surface area contributed by atoms with Crippen molar-refractivity contribution < 1.29 is 26.7 Å². The van der Waals surface area contributed by atoms with Crippen molar-refractivity contribution in [2.24, 2.45) is 0 Å². The molecule has 0 saturated heterocycles. The summed E-state index contributed by atoms with van der Waals surface area (Å²) >= 11 is 4.64. The minimum atomic E-state index is -4.67. The van der Waals surface area contributed by atoms with Gasteiger partial charge in [-0.3, -0.25) is 4.79 Å². The van der Waals surface area contributed by atoms with Crippen LogP contribution in [0.4, 0.5) is 22.0 Å². The smallest absolute Gasteiger partial charge is 0.298 e. The van der Waals surface area contributed by atoms with E-state index >= 15 is 0 Å². The fourth-order valence-electron chi connectivity index (χ4n) is 1.46. The van der Waals surface area contributed by atoms with Gasteiger partial charge in [-0.2, -0.15) is 13.2 Å². The Labute approximate surface area is 115 Å². The maximum atomic E-state index is 12.9. The van der Waals surface area contributed by atoms with Crippen molar-refractivity contribution in [3.63, 3.8) is 0 Å². The molecule has 1 aromatic carbocycles. The van der Waals surface area contributed by atoms with E-state index in [1.165, 1.54) is 12.1 Å². The van der Waals surface area contributed by atoms with Crippen molar-refractivity contribution in [3.05, 3.63) is 29.3 Å². The second-order valence-electron chi connectivity index (χ2n) is 3.53. The molecule has 8 heteroatoms. The number of carbonyl (C=O) groups is 1. The molecule has 106 valence electrons. The van der Waals surface area contributed by atoms with Gasteiger partial charge in [-0.1, -0.05) is 12.1 Å². The van der Waals surface area contributed by atoms with E-state index in [4.69, 9.17) is 11.6 Å². The third kappa shape index (κ3) is 4.99. The second-order valence-corrected chi connectivity index (χ2v) is 4.90. The maximum Gasteiger partial charge on any atom is 0.446 e. The SMILES string of the molecule is O=C(CCl)Cc1cccc(SC(F)(F)F)c1C(F)F. The molecule has 0 saturated carbocycles. The zero-order valence-electron chi connectivity index (χ0n) is 9.31. The van der Waals surface area contributed by atoms with Crippen molar-refractivity contribution in [2.45, 2.75) is 23.3 Å². The van der Waals surface area contributed by atoms with E-state index < -0.39 is 46.4 Å². The number of benzene rings is 1. The number of carbonyl (C=O) groups excluding carboxylic acids is 1. The average molecular weight is 319 g/mol. The molecule has 1 aromatic rings. The first kappa shape index (κ1) is 16.2. The highest BCUT2D eigenvalue weighted by molar-refractivity contribution is 8.00. The quantitative estimate of drug-likeness (QED) is 0.449. The Morgan fingerprint density at radius 1 is 1.32 bits per heavy atom. The molecule has 0 N–H and O–H groups in total. The Morgan fingerprint density at radius 3 is 2.42 bits per heavy atom. The van der Waals surface area contributed by atoms with Crippen LogP contribution in [0, 0.1) is 0 Å². The number of Topliss-reactive ketones (excluding diaryl/α,β-unsaturated/α-hetero) is 1. The molecule has 0 radical (unpaired) electrons. The monoisotopic (exact) mass is 318 g/mol. The van der Waals surface area contributed by atoms with Gasteiger partial charge in [0.1, 0.15) is 0 Å². The lowest BCUT2D eigenvalue weighted by atomic mass is 10.0. The van der Waals surface area contributed by atoms with Gasteiger partial charge in [0.2, 0.25) is 0 Å². The van der Waals surface area contributed by atoms with E-state index in [9.17, 15) is 26.7 Å². The highest BCUT2D eigenvalue weighted by Gasteiger charge is 2.32. The molecule has 19 heavy (non-hydrogen) atoms. The van der Waals surface area contributed by atoms with Gasteiger partial charge in [0, 0.05) is 16.9 Å². The van der Waals surface area contributed by atoms with Crippen molar-refractivity contribution in [1.82, 2.24) is 0 Å². The zero-order valence-corrected chi connectivity index (χ0v) is 10.9. The van der Waals surface area contributed by atoms with Gasteiger partial charge >= 0.3 is 5.51 Å². The van der Waals surface area contributed by atoms with Crippen LogP contribution in [0.15, 0.2) is 23.1 Å². The highest BCUT2D eigenvalue weighted by atomic mass is 35.5. The lowest BCUT2D eigenvalue weighted by Crippen LogP contribution is -2.09. The van der Waals surface area contributed by atoms with Crippen LogP contribution in [0.25, 0.3) is 0 Å². The Morgan fingerprint density at radius 2 is 1.95 bits per heavy atom. The van der Waals surface area contributed by atoms with Crippen LogP contribution in [0.5, 0.6) is 0 Å². The molecule has 0 amide bonds. The molecule has 1 nitrogen and oxygen atoms in total. The molecule has 0 aliphatic heterocycles. The maximum absolute atomic E-state index is 12.9. The number of hydrogen-bond acceptors (Lipinski definition) is 2. The van der Waals surface area contributed by atoms with Crippen LogP contribution in [-0.2, 0) is 11.2 Å². The molecule has 1 rings (SSSR count). The fourth-order valence-corrected chi connectivity index (χ4v) is 2.29.